The lowest BCUT2D eigenvalue weighted by Gasteiger charge is -2.11. The number of benzene rings is 2. The standard InChI is InChI=1S/C17H16ClN5/c1-11-7-3-5-9-13(11)19-16-21-15(18)22-17(23-16)20-14-10-6-4-8-12(14)2/h3-10H,1-2H3,(H2,19,20,21,22,23). The average Bonchev–Trinajstić information content (AvgIpc) is 2.51. The van der Waals surface area contributed by atoms with E-state index in [0.29, 0.717) is 11.9 Å². The number of hydrogen-bond donors (Lipinski definition) is 2. The Morgan fingerprint density at radius 2 is 1.13 bits per heavy atom. The van der Waals surface area contributed by atoms with Crippen LogP contribution in [0, 0.1) is 13.8 Å². The van der Waals surface area contributed by atoms with Gasteiger partial charge in [-0.05, 0) is 48.7 Å². The Morgan fingerprint density at radius 1 is 0.696 bits per heavy atom. The minimum atomic E-state index is 0.132. The van der Waals surface area contributed by atoms with E-state index in [1.54, 1.807) is 0 Å². The molecule has 1 heterocycles. The molecule has 0 atom stereocenters. The molecule has 0 radical (unpaired) electrons. The molecule has 0 saturated heterocycles. The number of halogens is 1. The highest BCUT2D eigenvalue weighted by atomic mass is 35.5. The lowest BCUT2D eigenvalue weighted by molar-refractivity contribution is 1.06. The summed E-state index contributed by atoms with van der Waals surface area (Å²) in [5, 5.41) is 6.47. The summed E-state index contributed by atoms with van der Waals surface area (Å²) in [6.07, 6.45) is 0. The molecule has 0 saturated carbocycles. The van der Waals surface area contributed by atoms with E-state index in [2.05, 4.69) is 25.6 Å². The fraction of sp³-hybridized carbons (Fsp3) is 0.118. The van der Waals surface area contributed by atoms with Crippen LogP contribution in [0.25, 0.3) is 0 Å². The van der Waals surface area contributed by atoms with Crippen molar-refractivity contribution in [3.8, 4) is 0 Å². The molecule has 3 rings (SSSR count). The van der Waals surface area contributed by atoms with E-state index in [1.807, 2.05) is 62.4 Å². The van der Waals surface area contributed by atoms with Gasteiger partial charge in [0.05, 0.1) is 0 Å². The minimum absolute atomic E-state index is 0.132. The van der Waals surface area contributed by atoms with Gasteiger partial charge in [0.2, 0.25) is 17.2 Å². The van der Waals surface area contributed by atoms with Crippen molar-refractivity contribution in [2.75, 3.05) is 10.6 Å². The fourth-order valence-electron chi connectivity index (χ4n) is 2.13. The van der Waals surface area contributed by atoms with Crippen LogP contribution >= 0.6 is 11.6 Å². The first-order chi connectivity index (χ1) is 11.1. The second-order valence-corrected chi connectivity index (χ2v) is 5.47. The summed E-state index contributed by atoms with van der Waals surface area (Å²) < 4.78 is 0. The van der Waals surface area contributed by atoms with Gasteiger partial charge in [-0.3, -0.25) is 0 Å². The Bertz CT molecular complexity index is 769. The molecule has 1 aromatic heterocycles. The number of para-hydroxylation sites is 2. The molecule has 6 heteroatoms. The van der Waals surface area contributed by atoms with E-state index in [9.17, 15) is 0 Å². The third kappa shape index (κ3) is 3.76. The van der Waals surface area contributed by atoms with Gasteiger partial charge in [-0.15, -0.1) is 0 Å². The van der Waals surface area contributed by atoms with Crippen LogP contribution in [0.4, 0.5) is 23.3 Å². The van der Waals surface area contributed by atoms with Crippen LogP contribution in [0.2, 0.25) is 5.28 Å². The fourth-order valence-corrected chi connectivity index (χ4v) is 2.29. The van der Waals surface area contributed by atoms with Crippen molar-refractivity contribution in [3.05, 3.63) is 64.9 Å². The number of rotatable bonds is 4. The van der Waals surface area contributed by atoms with E-state index < -0.39 is 0 Å². The van der Waals surface area contributed by atoms with Crippen LogP contribution < -0.4 is 10.6 Å². The second kappa shape index (κ2) is 6.62. The molecule has 23 heavy (non-hydrogen) atoms. The maximum atomic E-state index is 6.02. The van der Waals surface area contributed by atoms with E-state index in [-0.39, 0.29) is 5.28 Å². The number of nitrogens with zero attached hydrogens (tertiary/aromatic N) is 3. The molecule has 0 amide bonds. The number of nitrogens with one attached hydrogen (secondary N) is 2. The normalized spacial score (nSPS) is 10.4. The summed E-state index contributed by atoms with van der Waals surface area (Å²) in [6, 6.07) is 15.8. The van der Waals surface area contributed by atoms with E-state index in [0.717, 1.165) is 22.5 Å². The van der Waals surface area contributed by atoms with Gasteiger partial charge in [0.25, 0.3) is 0 Å². The Labute approximate surface area is 139 Å². The number of anilines is 4. The maximum Gasteiger partial charge on any atom is 0.233 e. The van der Waals surface area contributed by atoms with Crippen molar-refractivity contribution in [2.24, 2.45) is 0 Å². The number of aryl methyl sites for hydroxylation is 2. The van der Waals surface area contributed by atoms with Gasteiger partial charge in [-0.25, -0.2) is 0 Å². The molecule has 2 N–H and O–H groups in total. The van der Waals surface area contributed by atoms with Gasteiger partial charge in [-0.1, -0.05) is 36.4 Å². The molecule has 0 spiro atoms. The van der Waals surface area contributed by atoms with Gasteiger partial charge >= 0.3 is 0 Å². The zero-order valence-corrected chi connectivity index (χ0v) is 13.6. The molecule has 5 nitrogen and oxygen atoms in total. The Kier molecular flexibility index (Phi) is 4.39. The Hall–Kier alpha value is -2.66. The third-order valence-corrected chi connectivity index (χ3v) is 3.56. The summed E-state index contributed by atoms with van der Waals surface area (Å²) in [5.74, 6) is 0.797. The summed E-state index contributed by atoms with van der Waals surface area (Å²) in [7, 11) is 0. The summed E-state index contributed by atoms with van der Waals surface area (Å²) in [5.41, 5.74) is 4.04. The third-order valence-electron chi connectivity index (χ3n) is 3.39. The first-order valence-corrected chi connectivity index (χ1v) is 7.56. The molecule has 2 aromatic carbocycles. The van der Waals surface area contributed by atoms with Crippen molar-refractivity contribution in [1.29, 1.82) is 0 Å². The first kappa shape index (κ1) is 15.2. The Balaban J connectivity index is 1.88. The predicted molar refractivity (Wildman–Crippen MR) is 93.8 cm³/mol. The van der Waals surface area contributed by atoms with Gasteiger partial charge in [0.15, 0.2) is 0 Å². The van der Waals surface area contributed by atoms with Crippen LogP contribution in [0.1, 0.15) is 11.1 Å². The molecule has 0 fully saturated rings. The molecule has 0 aliphatic heterocycles. The highest BCUT2D eigenvalue weighted by Crippen LogP contribution is 2.22. The van der Waals surface area contributed by atoms with E-state index >= 15 is 0 Å². The average molecular weight is 326 g/mol. The highest BCUT2D eigenvalue weighted by Gasteiger charge is 2.08. The quantitative estimate of drug-likeness (QED) is 0.732. The maximum absolute atomic E-state index is 6.02. The van der Waals surface area contributed by atoms with Gasteiger partial charge in [0.1, 0.15) is 0 Å². The summed E-state index contributed by atoms with van der Waals surface area (Å²) >= 11 is 6.02. The van der Waals surface area contributed by atoms with Crippen LogP contribution in [-0.2, 0) is 0 Å². The topological polar surface area (TPSA) is 62.7 Å². The largest absolute Gasteiger partial charge is 0.324 e. The first-order valence-electron chi connectivity index (χ1n) is 7.19. The Morgan fingerprint density at radius 3 is 1.57 bits per heavy atom. The van der Waals surface area contributed by atoms with Crippen molar-refractivity contribution in [1.82, 2.24) is 15.0 Å². The van der Waals surface area contributed by atoms with Crippen molar-refractivity contribution in [2.45, 2.75) is 13.8 Å². The highest BCUT2D eigenvalue weighted by molar-refractivity contribution is 6.28. The van der Waals surface area contributed by atoms with Crippen molar-refractivity contribution in [3.63, 3.8) is 0 Å². The van der Waals surface area contributed by atoms with Gasteiger partial charge in [0, 0.05) is 11.4 Å². The molecular weight excluding hydrogens is 310 g/mol. The molecule has 116 valence electrons. The lowest BCUT2D eigenvalue weighted by atomic mass is 10.2. The van der Waals surface area contributed by atoms with Gasteiger partial charge in [-0.2, -0.15) is 15.0 Å². The summed E-state index contributed by atoms with van der Waals surface area (Å²) in [4.78, 5) is 12.6. The van der Waals surface area contributed by atoms with E-state index in [1.165, 1.54) is 0 Å². The second-order valence-electron chi connectivity index (χ2n) is 5.13. The van der Waals surface area contributed by atoms with Crippen LogP contribution in [0.5, 0.6) is 0 Å². The molecular formula is C17H16ClN5. The van der Waals surface area contributed by atoms with Gasteiger partial charge < -0.3 is 10.6 Å². The summed E-state index contributed by atoms with van der Waals surface area (Å²) in [6.45, 7) is 4.02. The SMILES string of the molecule is Cc1ccccc1Nc1nc(Cl)nc(Nc2ccccc2C)n1. The zero-order chi connectivity index (χ0) is 16.2. The molecule has 0 unspecified atom stereocenters. The smallest absolute Gasteiger partial charge is 0.233 e. The number of aromatic nitrogens is 3. The lowest BCUT2D eigenvalue weighted by Crippen LogP contribution is -2.05. The predicted octanol–water partition coefficient (Wildman–Crippen LogP) is 4.63. The van der Waals surface area contributed by atoms with E-state index in [4.69, 9.17) is 11.6 Å². The number of hydrogen-bond acceptors (Lipinski definition) is 5. The minimum Gasteiger partial charge on any atom is -0.324 e. The van der Waals surface area contributed by atoms with Crippen molar-refractivity contribution >= 4 is 34.9 Å². The van der Waals surface area contributed by atoms with Crippen LogP contribution in [0.15, 0.2) is 48.5 Å². The molecule has 3 aromatic rings. The molecule has 0 aliphatic rings. The van der Waals surface area contributed by atoms with Crippen molar-refractivity contribution < 1.29 is 0 Å². The van der Waals surface area contributed by atoms with Crippen LogP contribution in [0.3, 0.4) is 0 Å². The molecule has 0 aliphatic carbocycles. The monoisotopic (exact) mass is 325 g/mol. The zero-order valence-electron chi connectivity index (χ0n) is 12.8. The molecule has 0 bridgehead atoms. The van der Waals surface area contributed by atoms with Crippen LogP contribution in [-0.4, -0.2) is 15.0 Å².